The maximum atomic E-state index is 8.99. The lowest BCUT2D eigenvalue weighted by molar-refractivity contribution is -0.669. The minimum absolute atomic E-state index is 0.699. The molecular formula is C24H19N2+. The molecule has 0 aliphatic rings. The molecule has 4 rings (SSSR count). The number of aromatic nitrogens is 1. The van der Waals surface area contributed by atoms with E-state index in [1.807, 2.05) is 24.3 Å². The van der Waals surface area contributed by atoms with E-state index in [0.717, 1.165) is 13.0 Å². The van der Waals surface area contributed by atoms with Gasteiger partial charge in [0, 0.05) is 23.1 Å². The summed E-state index contributed by atoms with van der Waals surface area (Å²) in [5, 5.41) is 10.2. The van der Waals surface area contributed by atoms with Crippen molar-refractivity contribution in [1.82, 2.24) is 0 Å². The highest BCUT2D eigenvalue weighted by molar-refractivity contribution is 5.75. The van der Waals surface area contributed by atoms with Gasteiger partial charge in [-0.3, -0.25) is 0 Å². The lowest BCUT2D eigenvalue weighted by Gasteiger charge is -2.08. The average Bonchev–Trinajstić information content (AvgIpc) is 2.71. The summed E-state index contributed by atoms with van der Waals surface area (Å²) < 4.78 is 2.39. The molecule has 0 radical (unpaired) electrons. The van der Waals surface area contributed by atoms with Gasteiger partial charge in [0.2, 0.25) is 5.52 Å². The molecule has 1 aromatic heterocycles. The first kappa shape index (κ1) is 16.1. The minimum atomic E-state index is 0.699. The van der Waals surface area contributed by atoms with Crippen LogP contribution in [0.2, 0.25) is 0 Å². The van der Waals surface area contributed by atoms with E-state index in [0.29, 0.717) is 5.56 Å². The molecule has 0 fully saturated rings. The molecule has 3 aromatic carbocycles. The summed E-state index contributed by atoms with van der Waals surface area (Å²) in [5.74, 6) is 0. The van der Waals surface area contributed by atoms with Crippen molar-refractivity contribution in [3.8, 4) is 6.07 Å². The van der Waals surface area contributed by atoms with Crippen LogP contribution in [0, 0.1) is 11.3 Å². The van der Waals surface area contributed by atoms with Crippen LogP contribution in [0.4, 0.5) is 0 Å². The molecule has 0 bridgehead atoms. The molecule has 4 aromatic rings. The van der Waals surface area contributed by atoms with Crippen LogP contribution in [-0.4, -0.2) is 0 Å². The average molecular weight is 335 g/mol. The Balaban J connectivity index is 1.77. The third-order valence-electron chi connectivity index (χ3n) is 4.68. The van der Waals surface area contributed by atoms with Crippen LogP contribution in [0.3, 0.4) is 0 Å². The Morgan fingerprint density at radius 2 is 1.42 bits per heavy atom. The van der Waals surface area contributed by atoms with E-state index in [1.165, 1.54) is 27.7 Å². The molecule has 2 heteroatoms. The molecule has 26 heavy (non-hydrogen) atoms. The van der Waals surface area contributed by atoms with Crippen LogP contribution in [0.5, 0.6) is 0 Å². The van der Waals surface area contributed by atoms with Crippen molar-refractivity contribution in [3.63, 3.8) is 0 Å². The minimum Gasteiger partial charge on any atom is -0.192 e. The molecule has 124 valence electrons. The second-order valence-corrected chi connectivity index (χ2v) is 6.44. The van der Waals surface area contributed by atoms with Gasteiger partial charge < -0.3 is 0 Å². The largest absolute Gasteiger partial charge is 0.212 e. The first-order chi connectivity index (χ1) is 12.8. The van der Waals surface area contributed by atoms with Gasteiger partial charge in [0.1, 0.15) is 0 Å². The van der Waals surface area contributed by atoms with Crippen LogP contribution in [0.1, 0.15) is 22.4 Å². The van der Waals surface area contributed by atoms with Crippen LogP contribution >= 0.6 is 0 Å². The van der Waals surface area contributed by atoms with Crippen molar-refractivity contribution in [2.45, 2.75) is 13.0 Å². The van der Waals surface area contributed by atoms with Crippen LogP contribution in [0.15, 0.2) is 91.0 Å². The van der Waals surface area contributed by atoms with E-state index in [2.05, 4.69) is 77.4 Å². The molecular weight excluding hydrogens is 316 g/mol. The second kappa shape index (κ2) is 7.21. The molecule has 0 aliphatic heterocycles. The summed E-state index contributed by atoms with van der Waals surface area (Å²) in [6, 6.07) is 33.5. The summed E-state index contributed by atoms with van der Waals surface area (Å²) in [6.07, 6.45) is 0.837. The SMILES string of the molecule is N#Cc1ccc(Cc2ccc3ccccc3[n+]2Cc2ccccc2)cc1. The fourth-order valence-electron chi connectivity index (χ4n) is 3.32. The number of hydrogen-bond acceptors (Lipinski definition) is 1. The fourth-order valence-corrected chi connectivity index (χ4v) is 3.32. The molecule has 2 nitrogen and oxygen atoms in total. The highest BCUT2D eigenvalue weighted by Gasteiger charge is 2.16. The third kappa shape index (κ3) is 3.34. The van der Waals surface area contributed by atoms with Crippen molar-refractivity contribution >= 4 is 10.9 Å². The van der Waals surface area contributed by atoms with Crippen molar-refractivity contribution in [2.24, 2.45) is 0 Å². The Morgan fingerprint density at radius 3 is 2.19 bits per heavy atom. The highest BCUT2D eigenvalue weighted by Crippen LogP contribution is 2.15. The molecule has 0 saturated heterocycles. The number of benzene rings is 3. The molecule has 1 heterocycles. The van der Waals surface area contributed by atoms with Crippen LogP contribution in [-0.2, 0) is 13.0 Å². The number of nitrogens with zero attached hydrogens (tertiary/aromatic N) is 2. The third-order valence-corrected chi connectivity index (χ3v) is 4.68. The lowest BCUT2D eigenvalue weighted by Crippen LogP contribution is -2.40. The highest BCUT2D eigenvalue weighted by atomic mass is 15.0. The molecule has 0 N–H and O–H groups in total. The fraction of sp³-hybridized carbons (Fsp3) is 0.0833. The van der Waals surface area contributed by atoms with E-state index in [4.69, 9.17) is 5.26 Å². The number of pyridine rings is 1. The number of para-hydroxylation sites is 1. The zero-order valence-electron chi connectivity index (χ0n) is 14.5. The van der Waals surface area contributed by atoms with Gasteiger partial charge >= 0.3 is 0 Å². The Labute approximate surface area is 153 Å². The summed E-state index contributed by atoms with van der Waals surface area (Å²) >= 11 is 0. The van der Waals surface area contributed by atoms with Gasteiger partial charge in [-0.25, -0.2) is 0 Å². The zero-order chi connectivity index (χ0) is 17.8. The first-order valence-electron chi connectivity index (χ1n) is 8.77. The Kier molecular flexibility index (Phi) is 4.45. The summed E-state index contributed by atoms with van der Waals surface area (Å²) in [7, 11) is 0. The normalized spacial score (nSPS) is 10.6. The van der Waals surface area contributed by atoms with Crippen LogP contribution < -0.4 is 4.57 Å². The topological polar surface area (TPSA) is 27.7 Å². The maximum absolute atomic E-state index is 8.99. The van der Waals surface area contributed by atoms with E-state index in [9.17, 15) is 0 Å². The quantitative estimate of drug-likeness (QED) is 0.499. The lowest BCUT2D eigenvalue weighted by atomic mass is 10.0. The summed E-state index contributed by atoms with van der Waals surface area (Å²) in [4.78, 5) is 0. The Morgan fingerprint density at radius 1 is 0.692 bits per heavy atom. The first-order valence-corrected chi connectivity index (χ1v) is 8.77. The maximum Gasteiger partial charge on any atom is 0.212 e. The Bertz CT molecular complexity index is 1070. The molecule has 0 atom stereocenters. The monoisotopic (exact) mass is 335 g/mol. The molecule has 0 amide bonds. The van der Waals surface area contributed by atoms with Crippen molar-refractivity contribution < 1.29 is 4.57 Å². The van der Waals surface area contributed by atoms with Gasteiger partial charge in [-0.15, -0.1) is 0 Å². The van der Waals surface area contributed by atoms with Gasteiger partial charge in [0.15, 0.2) is 12.2 Å². The summed E-state index contributed by atoms with van der Waals surface area (Å²) in [6.45, 7) is 0.841. The van der Waals surface area contributed by atoms with Gasteiger partial charge in [-0.1, -0.05) is 54.6 Å². The second-order valence-electron chi connectivity index (χ2n) is 6.44. The smallest absolute Gasteiger partial charge is 0.192 e. The predicted octanol–water partition coefficient (Wildman–Crippen LogP) is 4.64. The van der Waals surface area contributed by atoms with Gasteiger partial charge in [0.25, 0.3) is 0 Å². The predicted molar refractivity (Wildman–Crippen MR) is 104 cm³/mol. The van der Waals surface area contributed by atoms with Gasteiger partial charge in [0.05, 0.1) is 18.1 Å². The van der Waals surface area contributed by atoms with E-state index >= 15 is 0 Å². The van der Waals surface area contributed by atoms with E-state index in [1.54, 1.807) is 0 Å². The number of rotatable bonds is 4. The van der Waals surface area contributed by atoms with Crippen molar-refractivity contribution in [1.29, 1.82) is 5.26 Å². The number of hydrogen-bond donors (Lipinski definition) is 0. The number of nitriles is 1. The van der Waals surface area contributed by atoms with Gasteiger partial charge in [-0.05, 0) is 29.8 Å². The molecule has 0 spiro atoms. The molecule has 0 unspecified atom stereocenters. The van der Waals surface area contributed by atoms with E-state index in [-0.39, 0.29) is 0 Å². The van der Waals surface area contributed by atoms with Crippen molar-refractivity contribution in [3.05, 3.63) is 113 Å². The Hall–Kier alpha value is -3.44. The van der Waals surface area contributed by atoms with Crippen molar-refractivity contribution in [2.75, 3.05) is 0 Å². The molecule has 0 aliphatic carbocycles. The summed E-state index contributed by atoms with van der Waals surface area (Å²) in [5.41, 5.74) is 5.69. The molecule has 0 saturated carbocycles. The van der Waals surface area contributed by atoms with Gasteiger partial charge in [-0.2, -0.15) is 9.83 Å². The van der Waals surface area contributed by atoms with Crippen LogP contribution in [0.25, 0.3) is 10.9 Å². The standard InChI is InChI=1S/C24H19N2/c25-17-20-12-10-19(11-13-20)16-23-15-14-22-8-4-5-9-24(22)26(23)18-21-6-2-1-3-7-21/h1-15H,16,18H2/q+1. The number of fused-ring (bicyclic) bond motifs is 1. The zero-order valence-corrected chi connectivity index (χ0v) is 14.5. The van der Waals surface area contributed by atoms with E-state index < -0.39 is 0 Å².